The Morgan fingerprint density at radius 2 is 1.81 bits per heavy atom. The molecule has 104 valence electrons. The minimum absolute atomic E-state index is 0.0254. The third-order valence-electron chi connectivity index (χ3n) is 3.14. The molecule has 0 N–H and O–H groups in total. The molecule has 3 rings (SSSR count). The van der Waals surface area contributed by atoms with Crippen molar-refractivity contribution in [3.05, 3.63) is 64.2 Å². The third-order valence-corrected chi connectivity index (χ3v) is 3.14. The number of rotatable bonds is 3. The Morgan fingerprint density at radius 1 is 1.10 bits per heavy atom. The zero-order valence-corrected chi connectivity index (χ0v) is 11.2. The van der Waals surface area contributed by atoms with Gasteiger partial charge in [0.25, 0.3) is 11.6 Å². The van der Waals surface area contributed by atoms with Crippen LogP contribution in [0.4, 0.5) is 5.69 Å². The lowest BCUT2D eigenvalue weighted by Gasteiger charge is -1.98. The number of aromatic nitrogens is 2. The maximum absolute atomic E-state index is 10.6. The lowest BCUT2D eigenvalue weighted by atomic mass is 10.1. The van der Waals surface area contributed by atoms with Gasteiger partial charge >= 0.3 is 0 Å². The van der Waals surface area contributed by atoms with Crippen LogP contribution in [-0.4, -0.2) is 15.1 Å². The van der Waals surface area contributed by atoms with E-state index in [0.29, 0.717) is 17.3 Å². The second-order valence-electron chi connectivity index (χ2n) is 4.54. The van der Waals surface area contributed by atoms with Crippen molar-refractivity contribution in [3.63, 3.8) is 0 Å². The van der Waals surface area contributed by atoms with E-state index in [2.05, 4.69) is 10.1 Å². The molecule has 0 aliphatic heterocycles. The monoisotopic (exact) mass is 281 g/mol. The van der Waals surface area contributed by atoms with Crippen molar-refractivity contribution in [2.24, 2.45) is 0 Å². The van der Waals surface area contributed by atoms with Gasteiger partial charge in [0.15, 0.2) is 0 Å². The molecule has 6 nitrogen and oxygen atoms in total. The van der Waals surface area contributed by atoms with Crippen molar-refractivity contribution >= 4 is 5.69 Å². The van der Waals surface area contributed by atoms with Crippen molar-refractivity contribution in [1.29, 1.82) is 0 Å². The van der Waals surface area contributed by atoms with Crippen LogP contribution in [0.2, 0.25) is 0 Å². The average molecular weight is 281 g/mol. The minimum atomic E-state index is -0.448. The summed E-state index contributed by atoms with van der Waals surface area (Å²) in [6, 6.07) is 13.7. The summed E-state index contributed by atoms with van der Waals surface area (Å²) < 4.78 is 5.23. The second-order valence-corrected chi connectivity index (χ2v) is 4.54. The van der Waals surface area contributed by atoms with Gasteiger partial charge in [-0.3, -0.25) is 10.1 Å². The van der Waals surface area contributed by atoms with Gasteiger partial charge in [-0.25, -0.2) is 0 Å². The van der Waals surface area contributed by atoms with Crippen LogP contribution in [0.25, 0.3) is 22.8 Å². The van der Waals surface area contributed by atoms with Crippen molar-refractivity contribution in [2.75, 3.05) is 0 Å². The van der Waals surface area contributed by atoms with E-state index in [4.69, 9.17) is 4.52 Å². The summed E-state index contributed by atoms with van der Waals surface area (Å²) in [6.45, 7) is 1.97. The molecule has 3 aromatic rings. The number of nitro benzene ring substituents is 1. The molecule has 0 radical (unpaired) electrons. The summed E-state index contributed by atoms with van der Waals surface area (Å²) in [7, 11) is 0. The van der Waals surface area contributed by atoms with E-state index in [1.54, 1.807) is 12.1 Å². The molecule has 2 aromatic carbocycles. The number of benzene rings is 2. The van der Waals surface area contributed by atoms with E-state index >= 15 is 0 Å². The standard InChI is InChI=1S/C15H11N3O3/c1-10-4-2-3-5-13(10)14-16-15(21-17-14)11-6-8-12(9-7-11)18(19)20/h2-9H,1H3. The van der Waals surface area contributed by atoms with Gasteiger partial charge < -0.3 is 4.52 Å². The molecule has 6 heteroatoms. The molecule has 0 fully saturated rings. The molecule has 21 heavy (non-hydrogen) atoms. The largest absolute Gasteiger partial charge is 0.334 e. The zero-order chi connectivity index (χ0) is 14.8. The molecule has 0 saturated carbocycles. The molecule has 0 unspecified atom stereocenters. The van der Waals surface area contributed by atoms with Gasteiger partial charge in [-0.05, 0) is 24.6 Å². The summed E-state index contributed by atoms with van der Waals surface area (Å²) in [5, 5.41) is 14.6. The quantitative estimate of drug-likeness (QED) is 0.541. The normalized spacial score (nSPS) is 10.5. The first-order valence-electron chi connectivity index (χ1n) is 6.29. The second kappa shape index (κ2) is 5.16. The Balaban J connectivity index is 1.95. The van der Waals surface area contributed by atoms with Crippen LogP contribution in [-0.2, 0) is 0 Å². The van der Waals surface area contributed by atoms with Gasteiger partial charge in [0.1, 0.15) is 0 Å². The van der Waals surface area contributed by atoms with Crippen LogP contribution < -0.4 is 0 Å². The average Bonchev–Trinajstić information content (AvgIpc) is 2.97. The number of non-ortho nitro benzene ring substituents is 1. The smallest absolute Gasteiger partial charge is 0.269 e. The highest BCUT2D eigenvalue weighted by Gasteiger charge is 2.13. The van der Waals surface area contributed by atoms with Gasteiger partial charge in [0.05, 0.1) is 4.92 Å². The highest BCUT2D eigenvalue weighted by atomic mass is 16.6. The molecular weight excluding hydrogens is 270 g/mol. The third kappa shape index (κ3) is 2.51. The summed E-state index contributed by atoms with van der Waals surface area (Å²) in [4.78, 5) is 14.5. The highest BCUT2D eigenvalue weighted by molar-refractivity contribution is 5.63. The Bertz CT molecular complexity index is 794. The number of aryl methyl sites for hydroxylation is 1. The lowest BCUT2D eigenvalue weighted by molar-refractivity contribution is -0.384. The van der Waals surface area contributed by atoms with Crippen LogP contribution in [0.15, 0.2) is 53.1 Å². The summed E-state index contributed by atoms with van der Waals surface area (Å²) in [6.07, 6.45) is 0. The van der Waals surface area contributed by atoms with E-state index in [-0.39, 0.29) is 5.69 Å². The predicted molar refractivity (Wildman–Crippen MR) is 76.6 cm³/mol. The summed E-state index contributed by atoms with van der Waals surface area (Å²) >= 11 is 0. The lowest BCUT2D eigenvalue weighted by Crippen LogP contribution is -1.87. The molecule has 0 aliphatic carbocycles. The Hall–Kier alpha value is -3.02. The molecule has 0 atom stereocenters. The first kappa shape index (κ1) is 13.0. The topological polar surface area (TPSA) is 82.1 Å². The van der Waals surface area contributed by atoms with Crippen molar-refractivity contribution in [1.82, 2.24) is 10.1 Å². The number of nitrogens with zero attached hydrogens (tertiary/aromatic N) is 3. The van der Waals surface area contributed by atoms with Crippen LogP contribution >= 0.6 is 0 Å². The fourth-order valence-corrected chi connectivity index (χ4v) is 2.00. The van der Waals surface area contributed by atoms with Gasteiger partial charge in [-0.1, -0.05) is 29.4 Å². The number of hydrogen-bond acceptors (Lipinski definition) is 5. The summed E-state index contributed by atoms with van der Waals surface area (Å²) in [5.41, 5.74) is 2.62. The fraction of sp³-hybridized carbons (Fsp3) is 0.0667. The van der Waals surface area contributed by atoms with Gasteiger partial charge in [-0.15, -0.1) is 0 Å². The predicted octanol–water partition coefficient (Wildman–Crippen LogP) is 3.62. The van der Waals surface area contributed by atoms with Crippen LogP contribution in [0.1, 0.15) is 5.56 Å². The fourth-order valence-electron chi connectivity index (χ4n) is 2.00. The van der Waals surface area contributed by atoms with Crippen molar-refractivity contribution in [3.8, 4) is 22.8 Å². The van der Waals surface area contributed by atoms with E-state index in [0.717, 1.165) is 11.1 Å². The molecule has 0 saturated heterocycles. The molecule has 1 heterocycles. The Kier molecular flexibility index (Phi) is 3.19. The van der Waals surface area contributed by atoms with E-state index in [1.807, 2.05) is 31.2 Å². The molecular formula is C15H11N3O3. The Morgan fingerprint density at radius 3 is 2.48 bits per heavy atom. The number of nitro groups is 1. The molecule has 1 aromatic heterocycles. The summed E-state index contributed by atoms with van der Waals surface area (Å²) in [5.74, 6) is 0.838. The maximum atomic E-state index is 10.6. The van der Waals surface area contributed by atoms with Gasteiger partial charge in [0, 0.05) is 23.3 Å². The van der Waals surface area contributed by atoms with Crippen LogP contribution in [0.5, 0.6) is 0 Å². The zero-order valence-electron chi connectivity index (χ0n) is 11.2. The highest BCUT2D eigenvalue weighted by Crippen LogP contribution is 2.25. The molecule has 0 aliphatic rings. The van der Waals surface area contributed by atoms with E-state index in [1.165, 1.54) is 12.1 Å². The SMILES string of the molecule is Cc1ccccc1-c1noc(-c2ccc([N+](=O)[O-])cc2)n1. The first-order valence-corrected chi connectivity index (χ1v) is 6.29. The van der Waals surface area contributed by atoms with Crippen molar-refractivity contribution in [2.45, 2.75) is 6.92 Å². The molecule has 0 spiro atoms. The van der Waals surface area contributed by atoms with E-state index in [9.17, 15) is 10.1 Å². The molecule has 0 bridgehead atoms. The Labute approximate surface area is 120 Å². The van der Waals surface area contributed by atoms with Crippen LogP contribution in [0, 0.1) is 17.0 Å². The van der Waals surface area contributed by atoms with Gasteiger partial charge in [-0.2, -0.15) is 4.98 Å². The molecule has 0 amide bonds. The van der Waals surface area contributed by atoms with Crippen molar-refractivity contribution < 1.29 is 9.45 Å². The maximum Gasteiger partial charge on any atom is 0.269 e. The van der Waals surface area contributed by atoms with Gasteiger partial charge in [0.2, 0.25) is 5.82 Å². The van der Waals surface area contributed by atoms with E-state index < -0.39 is 4.92 Å². The number of hydrogen-bond donors (Lipinski definition) is 0. The first-order chi connectivity index (χ1) is 10.1. The van der Waals surface area contributed by atoms with Crippen LogP contribution in [0.3, 0.4) is 0 Å². The minimum Gasteiger partial charge on any atom is -0.334 e.